The maximum absolute atomic E-state index is 4.22. The van der Waals surface area contributed by atoms with Gasteiger partial charge >= 0.3 is 0 Å². The molecule has 0 atom stereocenters. The number of aromatic nitrogens is 1. The minimum absolute atomic E-state index is 0.564. The van der Waals surface area contributed by atoms with Gasteiger partial charge in [0.1, 0.15) is 0 Å². The molecular weight excluding hydrogens is 160 g/mol. The first-order valence-corrected chi connectivity index (χ1v) is 4.88. The first kappa shape index (κ1) is 10.2. The fourth-order valence-electron chi connectivity index (χ4n) is 1.19. The quantitative estimate of drug-likeness (QED) is 0.765. The van der Waals surface area contributed by atoms with Gasteiger partial charge in [0.25, 0.3) is 0 Å². The van der Waals surface area contributed by atoms with E-state index in [9.17, 15) is 0 Å². The Labute approximate surface area is 80.4 Å². The second-order valence-electron chi connectivity index (χ2n) is 3.56. The number of pyridine rings is 1. The summed E-state index contributed by atoms with van der Waals surface area (Å²) < 4.78 is 0. The smallest absolute Gasteiger partial charge is 0.0313 e. The molecule has 0 bridgehead atoms. The van der Waals surface area contributed by atoms with Crippen molar-refractivity contribution in [2.45, 2.75) is 33.2 Å². The van der Waals surface area contributed by atoms with Gasteiger partial charge in [-0.05, 0) is 23.6 Å². The van der Waals surface area contributed by atoms with Gasteiger partial charge in [-0.25, -0.2) is 0 Å². The van der Waals surface area contributed by atoms with Gasteiger partial charge in [0.15, 0.2) is 0 Å². The number of rotatable bonds is 4. The van der Waals surface area contributed by atoms with Crippen LogP contribution in [0.25, 0.3) is 0 Å². The Balaban J connectivity index is 2.68. The van der Waals surface area contributed by atoms with Crippen LogP contribution < -0.4 is 5.32 Å². The van der Waals surface area contributed by atoms with Crippen molar-refractivity contribution in [3.05, 3.63) is 29.6 Å². The molecule has 1 N–H and O–H groups in total. The minimum Gasteiger partial charge on any atom is -0.313 e. The fourth-order valence-corrected chi connectivity index (χ4v) is 1.19. The van der Waals surface area contributed by atoms with E-state index in [-0.39, 0.29) is 0 Å². The molecule has 0 amide bonds. The maximum atomic E-state index is 4.22. The van der Waals surface area contributed by atoms with Crippen LogP contribution in [0.2, 0.25) is 0 Å². The molecule has 0 aliphatic heterocycles. The van der Waals surface area contributed by atoms with Gasteiger partial charge in [-0.1, -0.05) is 26.8 Å². The largest absolute Gasteiger partial charge is 0.313 e. The van der Waals surface area contributed by atoms with Crippen molar-refractivity contribution in [3.8, 4) is 0 Å². The molecule has 0 saturated heterocycles. The zero-order chi connectivity index (χ0) is 9.68. The molecule has 1 rings (SSSR count). The highest BCUT2D eigenvalue weighted by Gasteiger charge is 2.00. The van der Waals surface area contributed by atoms with Crippen LogP contribution in [0.5, 0.6) is 0 Å². The second-order valence-corrected chi connectivity index (χ2v) is 3.56. The lowest BCUT2D eigenvalue weighted by Gasteiger charge is -2.07. The third kappa shape index (κ3) is 3.15. The monoisotopic (exact) mass is 178 g/mol. The summed E-state index contributed by atoms with van der Waals surface area (Å²) in [7, 11) is 0. The molecule has 72 valence electrons. The van der Waals surface area contributed by atoms with E-state index in [1.54, 1.807) is 0 Å². The molecule has 0 aromatic carbocycles. The van der Waals surface area contributed by atoms with E-state index in [1.807, 2.05) is 12.4 Å². The maximum Gasteiger partial charge on any atom is 0.0313 e. The summed E-state index contributed by atoms with van der Waals surface area (Å²) in [5.41, 5.74) is 2.59. The molecule has 0 aliphatic carbocycles. The van der Waals surface area contributed by atoms with E-state index in [2.05, 4.69) is 37.1 Å². The highest BCUT2D eigenvalue weighted by Crippen LogP contribution is 2.13. The van der Waals surface area contributed by atoms with E-state index < -0.39 is 0 Å². The zero-order valence-electron chi connectivity index (χ0n) is 8.67. The normalized spacial score (nSPS) is 10.8. The first-order valence-electron chi connectivity index (χ1n) is 4.88. The molecule has 0 radical (unpaired) electrons. The number of nitrogens with zero attached hydrogens (tertiary/aromatic N) is 1. The van der Waals surface area contributed by atoms with Gasteiger partial charge in [-0.15, -0.1) is 0 Å². The Kier molecular flexibility index (Phi) is 3.90. The van der Waals surface area contributed by atoms with Gasteiger partial charge in [-0.2, -0.15) is 0 Å². The van der Waals surface area contributed by atoms with Crippen molar-refractivity contribution in [2.24, 2.45) is 0 Å². The van der Waals surface area contributed by atoms with E-state index in [0.29, 0.717) is 5.92 Å². The highest BCUT2D eigenvalue weighted by molar-refractivity contribution is 5.20. The first-order chi connectivity index (χ1) is 6.24. The van der Waals surface area contributed by atoms with Crippen LogP contribution in [-0.4, -0.2) is 11.5 Å². The van der Waals surface area contributed by atoms with Crippen molar-refractivity contribution >= 4 is 0 Å². The van der Waals surface area contributed by atoms with Crippen LogP contribution in [0.1, 0.15) is 37.8 Å². The lowest BCUT2D eigenvalue weighted by atomic mass is 10.0. The second kappa shape index (κ2) is 4.97. The van der Waals surface area contributed by atoms with Gasteiger partial charge in [0, 0.05) is 18.9 Å². The average molecular weight is 178 g/mol. The highest BCUT2D eigenvalue weighted by atomic mass is 14.8. The molecule has 0 aliphatic rings. The molecule has 1 heterocycles. The number of hydrogen-bond acceptors (Lipinski definition) is 2. The van der Waals surface area contributed by atoms with Gasteiger partial charge in [-0.3, -0.25) is 4.98 Å². The Hall–Kier alpha value is -0.890. The van der Waals surface area contributed by atoms with Crippen LogP contribution >= 0.6 is 0 Å². The van der Waals surface area contributed by atoms with Crippen molar-refractivity contribution in [1.82, 2.24) is 10.3 Å². The predicted octanol–water partition coefficient (Wildman–Crippen LogP) is 2.31. The van der Waals surface area contributed by atoms with Crippen molar-refractivity contribution < 1.29 is 0 Å². The average Bonchev–Trinajstić information content (AvgIpc) is 2.15. The Morgan fingerprint density at radius 2 is 2.15 bits per heavy atom. The van der Waals surface area contributed by atoms with Crippen molar-refractivity contribution in [3.63, 3.8) is 0 Å². The Morgan fingerprint density at radius 3 is 2.77 bits per heavy atom. The summed E-state index contributed by atoms with van der Waals surface area (Å²) in [6.45, 7) is 8.41. The van der Waals surface area contributed by atoms with Crippen molar-refractivity contribution in [1.29, 1.82) is 0 Å². The van der Waals surface area contributed by atoms with Crippen LogP contribution in [0.15, 0.2) is 18.5 Å². The van der Waals surface area contributed by atoms with E-state index in [0.717, 1.165) is 13.1 Å². The predicted molar refractivity (Wildman–Crippen MR) is 55.7 cm³/mol. The van der Waals surface area contributed by atoms with E-state index in [4.69, 9.17) is 0 Å². The lowest BCUT2D eigenvalue weighted by Crippen LogP contribution is -2.12. The lowest BCUT2D eigenvalue weighted by molar-refractivity contribution is 0.721. The molecule has 0 fully saturated rings. The Bertz CT molecular complexity index is 256. The molecule has 1 aromatic rings. The van der Waals surface area contributed by atoms with E-state index in [1.165, 1.54) is 11.1 Å². The van der Waals surface area contributed by atoms with Gasteiger partial charge in [0.05, 0.1) is 0 Å². The number of hydrogen-bond donors (Lipinski definition) is 1. The molecular formula is C11H18N2. The molecule has 0 saturated carbocycles. The summed E-state index contributed by atoms with van der Waals surface area (Å²) in [6.07, 6.45) is 3.87. The minimum atomic E-state index is 0.564. The topological polar surface area (TPSA) is 24.9 Å². The summed E-state index contributed by atoms with van der Waals surface area (Å²) in [5, 5.41) is 3.29. The van der Waals surface area contributed by atoms with Crippen LogP contribution in [-0.2, 0) is 6.54 Å². The fraction of sp³-hybridized carbons (Fsp3) is 0.545. The third-order valence-corrected chi connectivity index (χ3v) is 2.06. The molecule has 0 unspecified atom stereocenters. The Morgan fingerprint density at radius 1 is 1.38 bits per heavy atom. The molecule has 2 nitrogen and oxygen atoms in total. The summed E-state index contributed by atoms with van der Waals surface area (Å²) in [4.78, 5) is 4.22. The molecule has 13 heavy (non-hydrogen) atoms. The molecule has 2 heteroatoms. The van der Waals surface area contributed by atoms with Gasteiger partial charge < -0.3 is 5.32 Å². The van der Waals surface area contributed by atoms with Crippen molar-refractivity contribution in [2.75, 3.05) is 6.54 Å². The van der Waals surface area contributed by atoms with Crippen LogP contribution in [0.4, 0.5) is 0 Å². The summed E-state index contributed by atoms with van der Waals surface area (Å²) in [6, 6.07) is 2.22. The summed E-state index contributed by atoms with van der Waals surface area (Å²) in [5.74, 6) is 0.564. The molecule has 1 aromatic heterocycles. The number of nitrogens with one attached hydrogen (secondary N) is 1. The summed E-state index contributed by atoms with van der Waals surface area (Å²) >= 11 is 0. The zero-order valence-corrected chi connectivity index (χ0v) is 8.67. The van der Waals surface area contributed by atoms with E-state index >= 15 is 0 Å². The van der Waals surface area contributed by atoms with Crippen LogP contribution in [0.3, 0.4) is 0 Å². The van der Waals surface area contributed by atoms with Crippen LogP contribution in [0, 0.1) is 0 Å². The SMILES string of the molecule is CCNCc1cncc(C(C)C)c1. The molecule has 0 spiro atoms. The van der Waals surface area contributed by atoms with Gasteiger partial charge in [0.2, 0.25) is 0 Å². The standard InChI is InChI=1S/C11H18N2/c1-4-12-6-10-5-11(9(2)3)8-13-7-10/h5,7-9,12H,4,6H2,1-3H3. The third-order valence-electron chi connectivity index (χ3n) is 2.06.